The van der Waals surface area contributed by atoms with Gasteiger partial charge in [0.2, 0.25) is 0 Å². The molecular weight excluding hydrogens is 466 g/mol. The van der Waals surface area contributed by atoms with Crippen LogP contribution in [0.1, 0.15) is 13.3 Å². The van der Waals surface area contributed by atoms with Gasteiger partial charge in [0, 0.05) is 15.9 Å². The van der Waals surface area contributed by atoms with Gasteiger partial charge < -0.3 is 4.90 Å². The third-order valence-electron chi connectivity index (χ3n) is 6.29. The number of allylic oxidation sites excluding steroid dienone is 2. The fraction of sp³-hybridized carbons (Fsp3) is 0.0968. The molecule has 0 bridgehead atoms. The van der Waals surface area contributed by atoms with Crippen molar-refractivity contribution in [1.82, 2.24) is 0 Å². The Morgan fingerprint density at radius 2 is 1.03 bits per heavy atom. The maximum absolute atomic E-state index is 3.63. The number of hydrogen-bond donors (Lipinski definition) is 0. The van der Waals surface area contributed by atoms with E-state index in [9.17, 15) is 0 Å². The Morgan fingerprint density at radius 3 is 1.42 bits per heavy atom. The molecule has 0 aliphatic heterocycles. The molecule has 4 aromatic carbocycles. The summed E-state index contributed by atoms with van der Waals surface area (Å²) in [5.74, 6) is 0. The van der Waals surface area contributed by atoms with Gasteiger partial charge in [0.05, 0.1) is 5.54 Å². The molecule has 162 valence electrons. The highest BCUT2D eigenvalue weighted by Crippen LogP contribution is 2.40. The van der Waals surface area contributed by atoms with E-state index in [2.05, 4.69) is 155 Å². The van der Waals surface area contributed by atoms with Crippen molar-refractivity contribution < 1.29 is 0 Å². The zero-order valence-electron chi connectivity index (χ0n) is 18.7. The summed E-state index contributed by atoms with van der Waals surface area (Å²) in [6.07, 6.45) is 7.63. The SMILES string of the molecule is CC1(N(c2ccc(-c3ccccc3)cc2)c2ccc(-c3ccccc3)cc2)C=CC(Br)=CC1. The van der Waals surface area contributed by atoms with Gasteiger partial charge in [0.1, 0.15) is 0 Å². The highest BCUT2D eigenvalue weighted by molar-refractivity contribution is 9.11. The van der Waals surface area contributed by atoms with E-state index in [1.165, 1.54) is 33.6 Å². The van der Waals surface area contributed by atoms with Crippen molar-refractivity contribution in [2.24, 2.45) is 0 Å². The molecule has 0 fully saturated rings. The van der Waals surface area contributed by atoms with E-state index in [-0.39, 0.29) is 5.54 Å². The average Bonchev–Trinajstić information content (AvgIpc) is 2.88. The topological polar surface area (TPSA) is 3.24 Å². The van der Waals surface area contributed by atoms with Gasteiger partial charge in [0.15, 0.2) is 0 Å². The number of benzene rings is 4. The molecule has 4 aromatic rings. The molecule has 1 unspecified atom stereocenters. The highest BCUT2D eigenvalue weighted by Gasteiger charge is 2.31. The van der Waals surface area contributed by atoms with E-state index in [0.29, 0.717) is 0 Å². The second-order valence-corrected chi connectivity index (χ2v) is 9.56. The molecule has 0 radical (unpaired) electrons. The van der Waals surface area contributed by atoms with Gasteiger partial charge in [-0.25, -0.2) is 0 Å². The maximum atomic E-state index is 3.63. The molecule has 0 amide bonds. The van der Waals surface area contributed by atoms with Gasteiger partial charge >= 0.3 is 0 Å². The van der Waals surface area contributed by atoms with Crippen LogP contribution in [0.25, 0.3) is 22.3 Å². The van der Waals surface area contributed by atoms with Crippen LogP contribution in [0.4, 0.5) is 11.4 Å². The minimum Gasteiger partial charge on any atom is -0.332 e. The predicted molar refractivity (Wildman–Crippen MR) is 145 cm³/mol. The fourth-order valence-electron chi connectivity index (χ4n) is 4.47. The normalized spacial score (nSPS) is 17.5. The van der Waals surface area contributed by atoms with Crippen LogP contribution in [-0.4, -0.2) is 5.54 Å². The van der Waals surface area contributed by atoms with E-state index in [0.717, 1.165) is 10.9 Å². The quantitative estimate of drug-likeness (QED) is 0.269. The summed E-state index contributed by atoms with van der Waals surface area (Å²) in [4.78, 5) is 2.45. The summed E-state index contributed by atoms with van der Waals surface area (Å²) in [7, 11) is 0. The molecule has 33 heavy (non-hydrogen) atoms. The van der Waals surface area contributed by atoms with Crippen molar-refractivity contribution in [3.05, 3.63) is 132 Å². The van der Waals surface area contributed by atoms with Crippen LogP contribution >= 0.6 is 15.9 Å². The van der Waals surface area contributed by atoms with Crippen LogP contribution in [0.15, 0.2) is 132 Å². The summed E-state index contributed by atoms with van der Waals surface area (Å²) in [6, 6.07) is 38.9. The Bertz CT molecular complexity index is 1190. The van der Waals surface area contributed by atoms with E-state index in [1.807, 2.05) is 0 Å². The van der Waals surface area contributed by atoms with Gasteiger partial charge in [-0.1, -0.05) is 113 Å². The average molecular weight is 492 g/mol. The summed E-state index contributed by atoms with van der Waals surface area (Å²) < 4.78 is 1.14. The molecule has 0 saturated carbocycles. The first-order valence-electron chi connectivity index (χ1n) is 11.3. The highest BCUT2D eigenvalue weighted by atomic mass is 79.9. The van der Waals surface area contributed by atoms with E-state index in [4.69, 9.17) is 0 Å². The molecule has 0 spiro atoms. The number of nitrogens with zero attached hydrogens (tertiary/aromatic N) is 1. The van der Waals surface area contributed by atoms with Gasteiger partial charge in [0.25, 0.3) is 0 Å². The minimum atomic E-state index is -0.167. The largest absolute Gasteiger partial charge is 0.332 e. The van der Waals surface area contributed by atoms with E-state index >= 15 is 0 Å². The number of hydrogen-bond acceptors (Lipinski definition) is 1. The van der Waals surface area contributed by atoms with Crippen LogP contribution < -0.4 is 4.90 Å². The zero-order chi connectivity index (χ0) is 22.7. The lowest BCUT2D eigenvalue weighted by Crippen LogP contribution is -2.42. The lowest BCUT2D eigenvalue weighted by Gasteiger charge is -2.42. The van der Waals surface area contributed by atoms with Gasteiger partial charge in [-0.05, 0) is 65.9 Å². The lowest BCUT2D eigenvalue weighted by atomic mass is 9.89. The van der Waals surface area contributed by atoms with Crippen molar-refractivity contribution >= 4 is 27.3 Å². The summed E-state index contributed by atoms with van der Waals surface area (Å²) in [5.41, 5.74) is 7.12. The molecular formula is C31H26BrN. The molecule has 0 N–H and O–H groups in total. The second kappa shape index (κ2) is 9.25. The second-order valence-electron chi connectivity index (χ2n) is 8.64. The summed E-state index contributed by atoms with van der Waals surface area (Å²) >= 11 is 3.63. The fourth-order valence-corrected chi connectivity index (χ4v) is 4.77. The standard InChI is InChI=1S/C31H26BrN/c1-31(22-20-28(32)21-23-31)33(29-16-12-26(13-17-29)24-8-4-2-5-9-24)30-18-14-27(15-19-30)25-10-6-3-7-11-25/h2-22H,23H2,1H3. The van der Waals surface area contributed by atoms with Crippen LogP contribution in [0, 0.1) is 0 Å². The van der Waals surface area contributed by atoms with Crippen molar-refractivity contribution in [2.75, 3.05) is 4.90 Å². The first-order valence-corrected chi connectivity index (χ1v) is 12.1. The van der Waals surface area contributed by atoms with Gasteiger partial charge in [-0.3, -0.25) is 0 Å². The Hall–Kier alpha value is -3.36. The van der Waals surface area contributed by atoms with Crippen molar-refractivity contribution in [3.8, 4) is 22.3 Å². The molecule has 5 rings (SSSR count). The summed E-state index contributed by atoms with van der Waals surface area (Å²) in [6.45, 7) is 2.30. The first-order chi connectivity index (χ1) is 16.1. The molecule has 1 atom stereocenters. The number of halogens is 1. The maximum Gasteiger partial charge on any atom is 0.0643 e. The molecule has 2 heteroatoms. The Kier molecular flexibility index (Phi) is 6.02. The van der Waals surface area contributed by atoms with Crippen molar-refractivity contribution in [3.63, 3.8) is 0 Å². The minimum absolute atomic E-state index is 0.167. The Morgan fingerprint density at radius 1 is 0.606 bits per heavy atom. The van der Waals surface area contributed by atoms with Gasteiger partial charge in [-0.15, -0.1) is 0 Å². The molecule has 1 nitrogen and oxygen atoms in total. The number of anilines is 2. The first kappa shape index (κ1) is 21.5. The van der Waals surface area contributed by atoms with Gasteiger partial charge in [-0.2, -0.15) is 0 Å². The Labute approximate surface area is 204 Å². The third-order valence-corrected chi connectivity index (χ3v) is 6.88. The molecule has 1 aliphatic carbocycles. The van der Waals surface area contributed by atoms with Crippen molar-refractivity contribution in [1.29, 1.82) is 0 Å². The lowest BCUT2D eigenvalue weighted by molar-refractivity contribution is 0.569. The molecule has 0 aromatic heterocycles. The summed E-state index contributed by atoms with van der Waals surface area (Å²) in [5, 5.41) is 0. The van der Waals surface area contributed by atoms with Crippen LogP contribution in [-0.2, 0) is 0 Å². The molecule has 1 aliphatic rings. The number of rotatable bonds is 5. The zero-order valence-corrected chi connectivity index (χ0v) is 20.2. The smallest absolute Gasteiger partial charge is 0.0643 e. The van der Waals surface area contributed by atoms with Crippen LogP contribution in [0.5, 0.6) is 0 Å². The third kappa shape index (κ3) is 4.58. The van der Waals surface area contributed by atoms with E-state index in [1.54, 1.807) is 0 Å². The van der Waals surface area contributed by atoms with Crippen LogP contribution in [0.3, 0.4) is 0 Å². The molecule has 0 saturated heterocycles. The Balaban J connectivity index is 1.54. The monoisotopic (exact) mass is 491 g/mol. The predicted octanol–water partition coefficient (Wildman–Crippen LogP) is 9.16. The van der Waals surface area contributed by atoms with E-state index < -0.39 is 0 Å². The van der Waals surface area contributed by atoms with Crippen LogP contribution in [0.2, 0.25) is 0 Å². The molecule has 0 heterocycles. The van der Waals surface area contributed by atoms with Crippen molar-refractivity contribution in [2.45, 2.75) is 18.9 Å².